The van der Waals surface area contributed by atoms with Gasteiger partial charge in [-0.15, -0.1) is 0 Å². The molecule has 4 atom stereocenters. The van der Waals surface area contributed by atoms with Crippen LogP contribution in [0.15, 0.2) is 31.2 Å². The fraction of sp³-hybridized carbons (Fsp3) is 0.519. The van der Waals surface area contributed by atoms with Gasteiger partial charge in [-0.25, -0.2) is 0 Å². The maximum atomic E-state index is 15.4. The number of nitrogens with zero attached hydrogens (tertiary/aromatic N) is 4. The molecule has 2 unspecified atom stereocenters. The van der Waals surface area contributed by atoms with Crippen LogP contribution in [0.2, 0.25) is 10.0 Å². The lowest BCUT2D eigenvalue weighted by atomic mass is 9.78. The van der Waals surface area contributed by atoms with Crippen molar-refractivity contribution < 1.29 is 33.0 Å². The predicted molar refractivity (Wildman–Crippen MR) is 143 cm³/mol. The number of carboxylic acid groups (broad SMARTS) is 1. The number of carbonyl (C=O) groups is 3. The van der Waals surface area contributed by atoms with E-state index in [2.05, 4.69) is 16.7 Å². The van der Waals surface area contributed by atoms with E-state index >= 15 is 8.78 Å². The van der Waals surface area contributed by atoms with E-state index in [9.17, 15) is 19.5 Å². The molecule has 1 N–H and O–H groups in total. The number of amides is 1. The molecule has 1 aliphatic carbocycles. The summed E-state index contributed by atoms with van der Waals surface area (Å²) in [6.45, 7) is 4.99. The molecule has 0 bridgehead atoms. The minimum atomic E-state index is -3.63. The molecule has 9 nitrogen and oxygen atoms in total. The van der Waals surface area contributed by atoms with E-state index in [1.165, 1.54) is 12.4 Å². The second-order valence-corrected chi connectivity index (χ2v) is 11.1. The van der Waals surface area contributed by atoms with Crippen LogP contribution < -0.4 is 0 Å². The Morgan fingerprint density at radius 3 is 2.50 bits per heavy atom. The fourth-order valence-corrected chi connectivity index (χ4v) is 6.11. The van der Waals surface area contributed by atoms with Crippen LogP contribution in [-0.2, 0) is 15.5 Å². The number of carboxylic acids is 1. The van der Waals surface area contributed by atoms with Gasteiger partial charge in [0, 0.05) is 25.5 Å². The molecule has 0 aromatic carbocycles. The molecule has 1 saturated heterocycles. The zero-order chi connectivity index (χ0) is 29.2. The zero-order valence-electron chi connectivity index (χ0n) is 21.9. The second kappa shape index (κ2) is 12.3. The number of halogens is 4. The number of rotatable bonds is 10. The lowest BCUT2D eigenvalue weighted by Gasteiger charge is -2.33. The van der Waals surface area contributed by atoms with Crippen LogP contribution in [0.25, 0.3) is 0 Å². The Morgan fingerprint density at radius 1 is 1.23 bits per heavy atom. The molecular formula is C27H30Cl2F2N4O5. The lowest BCUT2D eigenvalue weighted by molar-refractivity contribution is -0.145. The van der Waals surface area contributed by atoms with Crippen molar-refractivity contribution in [2.75, 3.05) is 19.7 Å². The Balaban J connectivity index is 1.70. The van der Waals surface area contributed by atoms with E-state index in [1.807, 2.05) is 0 Å². The normalized spacial score (nSPS) is 23.1. The Bertz CT molecular complexity index is 1280. The largest absolute Gasteiger partial charge is 0.481 e. The van der Waals surface area contributed by atoms with Crippen molar-refractivity contribution >= 4 is 40.9 Å². The van der Waals surface area contributed by atoms with Crippen LogP contribution in [0, 0.1) is 11.8 Å². The number of allylic oxidation sites excluding steroid dienone is 1. The molecule has 1 amide bonds. The lowest BCUT2D eigenvalue weighted by Crippen LogP contribution is -2.41. The van der Waals surface area contributed by atoms with Gasteiger partial charge in [0.05, 0.1) is 52.0 Å². The highest BCUT2D eigenvalue weighted by Crippen LogP contribution is 2.41. The molecule has 0 radical (unpaired) electrons. The van der Waals surface area contributed by atoms with Gasteiger partial charge < -0.3 is 14.7 Å². The number of pyridine rings is 1. The maximum Gasteiger partial charge on any atom is 0.308 e. The van der Waals surface area contributed by atoms with Gasteiger partial charge in [0.2, 0.25) is 0 Å². The van der Waals surface area contributed by atoms with Crippen molar-refractivity contribution in [3.8, 4) is 0 Å². The molecule has 4 rings (SSSR count). The summed E-state index contributed by atoms with van der Waals surface area (Å²) in [4.78, 5) is 43.7. The van der Waals surface area contributed by atoms with Crippen LogP contribution in [0.1, 0.15) is 71.5 Å². The molecule has 0 spiro atoms. The molecular weight excluding hydrogens is 569 g/mol. The molecule has 2 aromatic heterocycles. The second-order valence-electron chi connectivity index (χ2n) is 10.3. The number of ether oxygens (including phenoxy) is 1. The van der Waals surface area contributed by atoms with E-state index < -0.39 is 47.8 Å². The summed E-state index contributed by atoms with van der Waals surface area (Å²) in [5, 5.41) is 13.7. The standard InChI is InChI=1S/C27H30Cl2F2N4O5/c1-3-27(30,31)24-19(10-33-35(24)16-6-7-18(26(38)39)15(2)9-16)25(37)34(13-17-5-4-8-40-17)14-22(36)23-20(28)11-32-12-21(23)29/h3,10-12,15-18H,1,4-9,13-14H2,2H3,(H,38,39)/t15?,16-,17+,18?/m0/s1. The summed E-state index contributed by atoms with van der Waals surface area (Å²) in [6.07, 6.45) is 5.91. The summed E-state index contributed by atoms with van der Waals surface area (Å²) in [6, 6.07) is -0.546. The first-order valence-corrected chi connectivity index (χ1v) is 13.8. The zero-order valence-corrected chi connectivity index (χ0v) is 23.4. The number of aliphatic carboxylic acids is 1. The number of Topliss-reactive ketones (excluding diaryl/α,β-unsaturated/α-hetero) is 1. The maximum absolute atomic E-state index is 15.4. The van der Waals surface area contributed by atoms with E-state index in [1.54, 1.807) is 6.92 Å². The van der Waals surface area contributed by atoms with Gasteiger partial charge in [-0.2, -0.15) is 13.9 Å². The molecule has 40 heavy (non-hydrogen) atoms. The molecule has 3 heterocycles. The quantitative estimate of drug-likeness (QED) is 0.286. The topological polar surface area (TPSA) is 115 Å². The van der Waals surface area contributed by atoms with E-state index in [0.717, 1.165) is 22.2 Å². The van der Waals surface area contributed by atoms with Crippen molar-refractivity contribution in [1.29, 1.82) is 0 Å². The third-order valence-corrected chi connectivity index (χ3v) is 8.18. The summed E-state index contributed by atoms with van der Waals surface area (Å²) < 4.78 is 37.5. The highest BCUT2D eigenvalue weighted by atomic mass is 35.5. The van der Waals surface area contributed by atoms with Crippen molar-refractivity contribution in [2.24, 2.45) is 11.8 Å². The van der Waals surface area contributed by atoms with E-state index in [0.29, 0.717) is 31.9 Å². The van der Waals surface area contributed by atoms with Crippen LogP contribution >= 0.6 is 23.2 Å². The number of hydrogen-bond acceptors (Lipinski definition) is 6. The molecule has 2 aliphatic rings. The fourth-order valence-electron chi connectivity index (χ4n) is 5.54. The third kappa shape index (κ3) is 6.21. The number of ketones is 1. The Labute approximate surface area is 240 Å². The highest BCUT2D eigenvalue weighted by molar-refractivity contribution is 6.39. The Kier molecular flexibility index (Phi) is 9.26. The smallest absolute Gasteiger partial charge is 0.308 e. The molecule has 13 heteroatoms. The van der Waals surface area contributed by atoms with Crippen molar-refractivity contribution in [3.05, 3.63) is 58.1 Å². The summed E-state index contributed by atoms with van der Waals surface area (Å²) >= 11 is 12.3. The summed E-state index contributed by atoms with van der Waals surface area (Å²) in [5.41, 5.74) is -1.06. The van der Waals surface area contributed by atoms with Crippen LogP contribution in [0.4, 0.5) is 8.78 Å². The average Bonchev–Trinajstić information content (AvgIpc) is 3.58. The highest BCUT2D eigenvalue weighted by Gasteiger charge is 2.42. The van der Waals surface area contributed by atoms with Gasteiger partial charge in [-0.1, -0.05) is 36.7 Å². The van der Waals surface area contributed by atoms with Crippen LogP contribution in [0.5, 0.6) is 0 Å². The number of aromatic nitrogens is 3. The molecule has 216 valence electrons. The van der Waals surface area contributed by atoms with Crippen LogP contribution in [0.3, 0.4) is 0 Å². The van der Waals surface area contributed by atoms with Crippen LogP contribution in [-0.4, -0.2) is 68.2 Å². The van der Waals surface area contributed by atoms with Gasteiger partial charge >= 0.3 is 11.9 Å². The number of carbonyl (C=O) groups excluding carboxylic acids is 2. The molecule has 2 fully saturated rings. The number of hydrogen-bond donors (Lipinski definition) is 1. The van der Waals surface area contributed by atoms with E-state index in [-0.39, 0.29) is 46.2 Å². The first-order valence-electron chi connectivity index (χ1n) is 13.0. The molecule has 2 aromatic rings. The number of alkyl halides is 2. The summed E-state index contributed by atoms with van der Waals surface area (Å²) in [5.74, 6) is -6.85. The Hall–Kier alpha value is -2.89. The summed E-state index contributed by atoms with van der Waals surface area (Å²) in [7, 11) is 0. The molecule has 1 aliphatic heterocycles. The minimum Gasteiger partial charge on any atom is -0.481 e. The van der Waals surface area contributed by atoms with E-state index in [4.69, 9.17) is 27.9 Å². The Morgan fingerprint density at radius 2 is 1.93 bits per heavy atom. The van der Waals surface area contributed by atoms with Crippen molar-refractivity contribution in [1.82, 2.24) is 19.7 Å². The van der Waals surface area contributed by atoms with Gasteiger partial charge in [-0.3, -0.25) is 24.0 Å². The third-order valence-electron chi connectivity index (χ3n) is 7.60. The van der Waals surface area contributed by atoms with Gasteiger partial charge in [0.15, 0.2) is 5.78 Å². The van der Waals surface area contributed by atoms with Gasteiger partial charge in [0.25, 0.3) is 5.91 Å². The predicted octanol–water partition coefficient (Wildman–Crippen LogP) is 5.43. The first kappa shape index (κ1) is 30.1. The van der Waals surface area contributed by atoms with Gasteiger partial charge in [-0.05, 0) is 44.1 Å². The monoisotopic (exact) mass is 598 g/mol. The van der Waals surface area contributed by atoms with Crippen molar-refractivity contribution in [3.63, 3.8) is 0 Å². The SMILES string of the molecule is C=CC(F)(F)c1c(C(=O)N(CC(=O)c2c(Cl)cncc2Cl)C[C@H]2CCCO2)cnn1[C@H]1CCC(C(=O)O)C(C)C1. The minimum absolute atomic E-state index is 0.000187. The first-order chi connectivity index (χ1) is 18.9. The average molecular weight is 599 g/mol. The molecule has 1 saturated carbocycles. The van der Waals surface area contributed by atoms with Crippen molar-refractivity contribution in [2.45, 2.75) is 57.1 Å². The van der Waals surface area contributed by atoms with Gasteiger partial charge in [0.1, 0.15) is 5.69 Å².